The largest absolute Gasteiger partial charge is 0.423 e. The molecule has 8 heteroatoms. The van der Waals surface area contributed by atoms with E-state index in [2.05, 4.69) is 4.98 Å². The number of oxazole rings is 1. The quantitative estimate of drug-likeness (QED) is 0.852. The predicted molar refractivity (Wildman–Crippen MR) is 84.3 cm³/mol. The van der Waals surface area contributed by atoms with Gasteiger partial charge in [-0.3, -0.25) is 0 Å². The van der Waals surface area contributed by atoms with Gasteiger partial charge in [-0.05, 0) is 31.4 Å². The Bertz CT molecular complexity index is 847. The Kier molecular flexibility index (Phi) is 3.35. The third kappa shape index (κ3) is 2.59. The maximum Gasteiger partial charge on any atom is 0.298 e. The van der Waals surface area contributed by atoms with Crippen LogP contribution < -0.4 is 4.90 Å². The molecule has 1 aliphatic carbocycles. The maximum absolute atomic E-state index is 13.2. The summed E-state index contributed by atoms with van der Waals surface area (Å²) in [6.07, 6.45) is 2.26. The third-order valence-corrected chi connectivity index (χ3v) is 7.05. The van der Waals surface area contributed by atoms with Gasteiger partial charge in [-0.25, -0.2) is 12.8 Å². The second kappa shape index (κ2) is 5.17. The molecule has 1 unspecified atom stereocenters. The van der Waals surface area contributed by atoms with Crippen molar-refractivity contribution in [2.45, 2.75) is 30.6 Å². The van der Waals surface area contributed by atoms with E-state index in [1.807, 2.05) is 4.90 Å². The summed E-state index contributed by atoms with van der Waals surface area (Å²) in [6, 6.07) is 4.58. The number of benzene rings is 1. The van der Waals surface area contributed by atoms with E-state index in [1.165, 1.54) is 16.4 Å². The zero-order valence-corrected chi connectivity index (χ0v) is 13.6. The van der Waals surface area contributed by atoms with Crippen molar-refractivity contribution in [3.63, 3.8) is 0 Å². The van der Waals surface area contributed by atoms with Gasteiger partial charge in [-0.1, -0.05) is 0 Å². The molecule has 0 spiro atoms. The van der Waals surface area contributed by atoms with Gasteiger partial charge < -0.3 is 9.32 Å². The van der Waals surface area contributed by atoms with Crippen LogP contribution in [0.25, 0.3) is 11.1 Å². The Balaban J connectivity index is 1.53. The first-order valence-corrected chi connectivity index (χ1v) is 9.23. The number of likely N-dealkylation sites (N-methyl/N-ethyl adjacent to an activating group) is 1. The van der Waals surface area contributed by atoms with E-state index in [9.17, 15) is 12.8 Å². The topological polar surface area (TPSA) is 66.7 Å². The molecule has 0 radical (unpaired) electrons. The molecule has 1 saturated heterocycles. The fourth-order valence-electron chi connectivity index (χ4n) is 3.04. The fraction of sp³-hybridized carbons (Fsp3) is 0.533. The summed E-state index contributed by atoms with van der Waals surface area (Å²) in [5, 5.41) is -0.200. The van der Waals surface area contributed by atoms with Gasteiger partial charge in [0, 0.05) is 32.2 Å². The number of hydrogen-bond donors (Lipinski definition) is 0. The van der Waals surface area contributed by atoms with Gasteiger partial charge >= 0.3 is 0 Å². The monoisotopic (exact) mass is 339 g/mol. The normalized spacial score (nSPS) is 22.4. The zero-order chi connectivity index (χ0) is 16.2. The number of anilines is 1. The van der Waals surface area contributed by atoms with Crippen LogP contribution in [0.1, 0.15) is 19.3 Å². The molecular formula is C15H18FN3O3S. The van der Waals surface area contributed by atoms with E-state index in [4.69, 9.17) is 4.42 Å². The predicted octanol–water partition coefficient (Wildman–Crippen LogP) is 1.97. The van der Waals surface area contributed by atoms with Crippen LogP contribution in [0.4, 0.5) is 10.4 Å². The molecule has 2 aliphatic rings. The van der Waals surface area contributed by atoms with E-state index in [0.29, 0.717) is 30.2 Å². The van der Waals surface area contributed by atoms with E-state index in [1.54, 1.807) is 13.1 Å². The van der Waals surface area contributed by atoms with Gasteiger partial charge in [-0.2, -0.15) is 9.29 Å². The molecule has 2 aromatic rings. The molecule has 1 aliphatic heterocycles. The second-order valence-corrected chi connectivity index (χ2v) is 8.53. The van der Waals surface area contributed by atoms with Crippen LogP contribution >= 0.6 is 0 Å². The zero-order valence-electron chi connectivity index (χ0n) is 12.8. The van der Waals surface area contributed by atoms with Crippen LogP contribution in [0.2, 0.25) is 0 Å². The first-order valence-electron chi connectivity index (χ1n) is 7.73. The molecule has 6 nitrogen and oxygen atoms in total. The van der Waals surface area contributed by atoms with Gasteiger partial charge in [0.25, 0.3) is 6.01 Å². The summed E-state index contributed by atoms with van der Waals surface area (Å²) >= 11 is 0. The van der Waals surface area contributed by atoms with Crippen molar-refractivity contribution < 1.29 is 17.2 Å². The lowest BCUT2D eigenvalue weighted by atomic mass is 10.3. The molecule has 2 fully saturated rings. The van der Waals surface area contributed by atoms with Crippen LogP contribution in [0.5, 0.6) is 0 Å². The summed E-state index contributed by atoms with van der Waals surface area (Å²) in [4.78, 5) is 6.28. The highest BCUT2D eigenvalue weighted by atomic mass is 32.2. The van der Waals surface area contributed by atoms with Crippen molar-refractivity contribution in [2.75, 3.05) is 25.0 Å². The minimum absolute atomic E-state index is 0.0765. The number of nitrogens with zero attached hydrogens (tertiary/aromatic N) is 3. The summed E-state index contributed by atoms with van der Waals surface area (Å²) in [5.41, 5.74) is 1.01. The number of fused-ring (bicyclic) bond motifs is 1. The summed E-state index contributed by atoms with van der Waals surface area (Å²) < 4.78 is 45.0. The molecule has 1 saturated carbocycles. The summed E-state index contributed by atoms with van der Waals surface area (Å²) in [5.74, 6) is -0.366. The van der Waals surface area contributed by atoms with Crippen molar-refractivity contribution in [1.29, 1.82) is 0 Å². The minimum Gasteiger partial charge on any atom is -0.423 e. The number of halogens is 1. The third-order valence-electron chi connectivity index (χ3n) is 4.63. The molecule has 1 aromatic carbocycles. The Morgan fingerprint density at radius 3 is 2.87 bits per heavy atom. The molecule has 1 aromatic heterocycles. The van der Waals surface area contributed by atoms with Crippen molar-refractivity contribution >= 4 is 27.1 Å². The molecule has 1 atom stereocenters. The van der Waals surface area contributed by atoms with Crippen LogP contribution in [0.3, 0.4) is 0 Å². The van der Waals surface area contributed by atoms with Gasteiger partial charge in [0.05, 0.1) is 5.25 Å². The summed E-state index contributed by atoms with van der Waals surface area (Å²) in [6.45, 7) is 1.21. The Hall–Kier alpha value is -1.67. The number of sulfonamides is 1. The number of rotatable bonds is 4. The molecule has 23 heavy (non-hydrogen) atoms. The lowest BCUT2D eigenvalue weighted by Crippen LogP contribution is -2.40. The SMILES string of the molecule is CN(C1CCN(c2nc3ccc(F)cc3o2)C1)S(=O)(=O)C1CC1. The highest BCUT2D eigenvalue weighted by molar-refractivity contribution is 7.90. The lowest BCUT2D eigenvalue weighted by molar-refractivity contribution is 0.388. The lowest BCUT2D eigenvalue weighted by Gasteiger charge is -2.23. The Labute approximate surface area is 133 Å². The molecule has 0 bridgehead atoms. The second-order valence-electron chi connectivity index (χ2n) is 6.26. The first-order chi connectivity index (χ1) is 10.9. The molecule has 0 amide bonds. The highest BCUT2D eigenvalue weighted by Crippen LogP contribution is 2.33. The van der Waals surface area contributed by atoms with E-state index < -0.39 is 10.0 Å². The van der Waals surface area contributed by atoms with E-state index >= 15 is 0 Å². The van der Waals surface area contributed by atoms with E-state index in [0.717, 1.165) is 19.3 Å². The van der Waals surface area contributed by atoms with Crippen LogP contribution in [-0.4, -0.2) is 49.1 Å². The molecular weight excluding hydrogens is 321 g/mol. The fourth-order valence-corrected chi connectivity index (χ4v) is 4.83. The average molecular weight is 339 g/mol. The molecule has 0 N–H and O–H groups in total. The first kappa shape index (κ1) is 14.9. The maximum atomic E-state index is 13.2. The Morgan fingerprint density at radius 1 is 1.35 bits per heavy atom. The van der Waals surface area contributed by atoms with E-state index in [-0.39, 0.29) is 17.1 Å². The number of aromatic nitrogens is 1. The van der Waals surface area contributed by atoms with Crippen LogP contribution in [0, 0.1) is 5.82 Å². The van der Waals surface area contributed by atoms with Gasteiger partial charge in [-0.15, -0.1) is 0 Å². The summed E-state index contributed by atoms with van der Waals surface area (Å²) in [7, 11) is -1.52. The highest BCUT2D eigenvalue weighted by Gasteiger charge is 2.42. The molecule has 4 rings (SSSR count). The minimum atomic E-state index is -3.18. The van der Waals surface area contributed by atoms with Crippen molar-refractivity contribution in [2.24, 2.45) is 0 Å². The number of hydrogen-bond acceptors (Lipinski definition) is 5. The van der Waals surface area contributed by atoms with Gasteiger partial charge in [0.2, 0.25) is 10.0 Å². The van der Waals surface area contributed by atoms with Crippen LogP contribution in [0.15, 0.2) is 22.6 Å². The van der Waals surface area contributed by atoms with Gasteiger partial charge in [0.15, 0.2) is 5.58 Å². The van der Waals surface area contributed by atoms with Crippen LogP contribution in [-0.2, 0) is 10.0 Å². The molecule has 124 valence electrons. The van der Waals surface area contributed by atoms with Crippen molar-refractivity contribution in [3.05, 3.63) is 24.0 Å². The van der Waals surface area contributed by atoms with Crippen molar-refractivity contribution in [3.8, 4) is 0 Å². The smallest absolute Gasteiger partial charge is 0.298 e. The average Bonchev–Trinajstić information content (AvgIpc) is 3.13. The Morgan fingerprint density at radius 2 is 2.13 bits per heavy atom. The van der Waals surface area contributed by atoms with Crippen molar-refractivity contribution in [1.82, 2.24) is 9.29 Å². The van der Waals surface area contributed by atoms with Gasteiger partial charge in [0.1, 0.15) is 11.3 Å². The standard InChI is InChI=1S/C15H18FN3O3S/c1-18(23(20,21)12-3-4-12)11-6-7-19(9-11)15-17-13-5-2-10(16)8-14(13)22-15/h2,5,8,11-12H,3-4,6-7,9H2,1H3. The molecule has 2 heterocycles.